The monoisotopic (exact) mass is 326 g/mol. The Labute approximate surface area is 136 Å². The summed E-state index contributed by atoms with van der Waals surface area (Å²) in [5, 5.41) is 4.32. The fraction of sp³-hybridized carbons (Fsp3) is 0.188. The molecular formula is C16H14N4O2S. The molecule has 1 aliphatic rings. The Kier molecular flexibility index (Phi) is 3.34. The summed E-state index contributed by atoms with van der Waals surface area (Å²) in [6.45, 7) is 3.05. The topological polar surface area (TPSA) is 67.3 Å². The van der Waals surface area contributed by atoms with E-state index < -0.39 is 0 Å². The number of hydrogen-bond acceptors (Lipinski definition) is 6. The summed E-state index contributed by atoms with van der Waals surface area (Å²) in [5.41, 5.74) is 1.68. The molecule has 0 aliphatic carbocycles. The molecule has 7 heteroatoms. The second-order valence-corrected chi connectivity index (χ2v) is 6.47. The smallest absolute Gasteiger partial charge is 0.414 e. The number of nitrogens with zero attached hydrogens (tertiary/aromatic N) is 3. The molecule has 1 aliphatic heterocycles. The van der Waals surface area contributed by atoms with Crippen LogP contribution in [0.25, 0.3) is 10.2 Å². The van der Waals surface area contributed by atoms with Gasteiger partial charge in [-0.2, -0.15) is 0 Å². The van der Waals surface area contributed by atoms with Gasteiger partial charge in [0.2, 0.25) is 0 Å². The third-order valence-electron chi connectivity index (χ3n) is 3.63. The van der Waals surface area contributed by atoms with Crippen molar-refractivity contribution in [3.63, 3.8) is 0 Å². The average molecular weight is 326 g/mol. The number of aryl methyl sites for hydroxylation is 1. The first-order valence-corrected chi connectivity index (χ1v) is 8.05. The zero-order valence-electron chi connectivity index (χ0n) is 12.4. The largest absolute Gasteiger partial charge is 0.447 e. The van der Waals surface area contributed by atoms with Crippen LogP contribution in [0.15, 0.2) is 36.7 Å². The number of ether oxygens (including phenoxy) is 1. The quantitative estimate of drug-likeness (QED) is 0.795. The van der Waals surface area contributed by atoms with E-state index in [1.54, 1.807) is 22.6 Å². The summed E-state index contributed by atoms with van der Waals surface area (Å²) in [4.78, 5) is 24.1. The minimum atomic E-state index is -0.306. The van der Waals surface area contributed by atoms with Crippen LogP contribution in [0.1, 0.15) is 4.88 Å². The lowest BCUT2D eigenvalue weighted by molar-refractivity contribution is 0.181. The van der Waals surface area contributed by atoms with Crippen LogP contribution >= 0.6 is 11.3 Å². The van der Waals surface area contributed by atoms with Gasteiger partial charge < -0.3 is 10.1 Å². The number of carbonyl (C=O) groups is 1. The lowest BCUT2D eigenvalue weighted by Crippen LogP contribution is -2.23. The predicted molar refractivity (Wildman–Crippen MR) is 90.6 cm³/mol. The van der Waals surface area contributed by atoms with Crippen molar-refractivity contribution in [3.8, 4) is 0 Å². The van der Waals surface area contributed by atoms with E-state index in [1.807, 2.05) is 24.3 Å². The van der Waals surface area contributed by atoms with E-state index in [9.17, 15) is 4.79 Å². The molecule has 4 rings (SSSR count). The highest BCUT2D eigenvalue weighted by atomic mass is 32.1. The van der Waals surface area contributed by atoms with E-state index in [2.05, 4.69) is 28.3 Å². The lowest BCUT2D eigenvalue weighted by Gasteiger charge is -2.14. The Morgan fingerprint density at radius 3 is 3.04 bits per heavy atom. The third kappa shape index (κ3) is 2.59. The van der Waals surface area contributed by atoms with Crippen molar-refractivity contribution in [3.05, 3.63) is 41.5 Å². The summed E-state index contributed by atoms with van der Waals surface area (Å²) >= 11 is 1.64. The van der Waals surface area contributed by atoms with Gasteiger partial charge in [0.25, 0.3) is 0 Å². The van der Waals surface area contributed by atoms with E-state index in [-0.39, 0.29) is 6.09 Å². The Bertz CT molecular complexity index is 893. The number of cyclic esters (lactones) is 1. The summed E-state index contributed by atoms with van der Waals surface area (Å²) in [6.07, 6.45) is 1.25. The molecule has 1 aromatic carbocycles. The number of benzene rings is 1. The third-order valence-corrected chi connectivity index (χ3v) is 4.59. The fourth-order valence-electron chi connectivity index (χ4n) is 2.59. The van der Waals surface area contributed by atoms with Crippen LogP contribution in [0.3, 0.4) is 0 Å². The van der Waals surface area contributed by atoms with E-state index in [0.717, 1.165) is 27.4 Å². The molecule has 116 valence electrons. The van der Waals surface area contributed by atoms with Gasteiger partial charge >= 0.3 is 6.09 Å². The van der Waals surface area contributed by atoms with Gasteiger partial charge in [0.1, 0.15) is 23.6 Å². The van der Waals surface area contributed by atoms with Crippen LogP contribution in [0.4, 0.5) is 22.0 Å². The van der Waals surface area contributed by atoms with Gasteiger partial charge in [-0.25, -0.2) is 14.8 Å². The van der Waals surface area contributed by atoms with Crippen molar-refractivity contribution < 1.29 is 9.53 Å². The molecule has 0 atom stereocenters. The normalized spacial score (nSPS) is 14.3. The molecule has 0 bridgehead atoms. The Morgan fingerprint density at radius 1 is 1.30 bits per heavy atom. The van der Waals surface area contributed by atoms with Crippen LogP contribution in [0, 0.1) is 6.92 Å². The molecule has 23 heavy (non-hydrogen) atoms. The zero-order valence-corrected chi connectivity index (χ0v) is 13.3. The maximum absolute atomic E-state index is 11.7. The second kappa shape index (κ2) is 5.51. The molecule has 6 nitrogen and oxygen atoms in total. The molecule has 1 amide bonds. The molecular weight excluding hydrogens is 312 g/mol. The zero-order chi connectivity index (χ0) is 15.8. The molecule has 1 fully saturated rings. The number of amides is 1. The van der Waals surface area contributed by atoms with Crippen LogP contribution in [-0.2, 0) is 4.74 Å². The van der Waals surface area contributed by atoms with E-state index in [1.165, 1.54) is 4.88 Å². The van der Waals surface area contributed by atoms with E-state index >= 15 is 0 Å². The Balaban J connectivity index is 1.67. The SMILES string of the molecule is Cc1cc2c(Nc3cccc(N4CCOC4=O)c3)ncnc2s1. The maximum atomic E-state index is 11.7. The first-order chi connectivity index (χ1) is 11.2. The van der Waals surface area contributed by atoms with Gasteiger partial charge in [0.15, 0.2) is 0 Å². The van der Waals surface area contributed by atoms with Crippen molar-refractivity contribution in [2.24, 2.45) is 0 Å². The first-order valence-electron chi connectivity index (χ1n) is 7.23. The molecule has 2 aromatic heterocycles. The molecule has 0 saturated carbocycles. The molecule has 0 unspecified atom stereocenters. The van der Waals surface area contributed by atoms with Crippen LogP contribution < -0.4 is 10.2 Å². The minimum absolute atomic E-state index is 0.306. The predicted octanol–water partition coefficient (Wildman–Crippen LogP) is 3.70. The number of anilines is 3. The number of aromatic nitrogens is 2. The molecule has 3 heterocycles. The summed E-state index contributed by atoms with van der Waals surface area (Å²) in [6, 6.07) is 9.73. The van der Waals surface area contributed by atoms with Crippen LogP contribution in [0.5, 0.6) is 0 Å². The van der Waals surface area contributed by atoms with Crippen molar-refractivity contribution in [2.45, 2.75) is 6.92 Å². The van der Waals surface area contributed by atoms with Crippen molar-refractivity contribution in [2.75, 3.05) is 23.4 Å². The highest BCUT2D eigenvalue weighted by Gasteiger charge is 2.23. The molecule has 0 spiro atoms. The lowest BCUT2D eigenvalue weighted by atomic mass is 10.2. The number of rotatable bonds is 3. The van der Waals surface area contributed by atoms with Crippen LogP contribution in [-0.4, -0.2) is 29.2 Å². The second-order valence-electron chi connectivity index (χ2n) is 5.24. The summed E-state index contributed by atoms with van der Waals surface area (Å²) < 4.78 is 4.99. The number of thiophene rings is 1. The van der Waals surface area contributed by atoms with Gasteiger partial charge in [-0.3, -0.25) is 4.90 Å². The van der Waals surface area contributed by atoms with Gasteiger partial charge in [0, 0.05) is 16.3 Å². The fourth-order valence-corrected chi connectivity index (χ4v) is 3.44. The summed E-state index contributed by atoms with van der Waals surface area (Å²) in [7, 11) is 0. The van der Waals surface area contributed by atoms with Gasteiger partial charge in [-0.1, -0.05) is 6.07 Å². The van der Waals surface area contributed by atoms with Crippen molar-refractivity contribution >= 4 is 44.8 Å². The molecule has 3 aromatic rings. The number of nitrogens with one attached hydrogen (secondary N) is 1. The van der Waals surface area contributed by atoms with Crippen molar-refractivity contribution in [1.29, 1.82) is 0 Å². The van der Waals surface area contributed by atoms with E-state index in [4.69, 9.17) is 4.74 Å². The van der Waals surface area contributed by atoms with Crippen LogP contribution in [0.2, 0.25) is 0 Å². The van der Waals surface area contributed by atoms with Crippen molar-refractivity contribution in [1.82, 2.24) is 9.97 Å². The first kappa shape index (κ1) is 14.0. The van der Waals surface area contributed by atoms with Gasteiger partial charge in [0.05, 0.1) is 11.9 Å². The number of hydrogen-bond donors (Lipinski definition) is 1. The summed E-state index contributed by atoms with van der Waals surface area (Å²) in [5.74, 6) is 0.764. The molecule has 1 saturated heterocycles. The van der Waals surface area contributed by atoms with Gasteiger partial charge in [-0.05, 0) is 31.2 Å². The Morgan fingerprint density at radius 2 is 2.22 bits per heavy atom. The minimum Gasteiger partial charge on any atom is -0.447 e. The molecule has 0 radical (unpaired) electrons. The molecule has 1 N–H and O–H groups in total. The highest BCUT2D eigenvalue weighted by Crippen LogP contribution is 2.30. The number of carbonyl (C=O) groups excluding carboxylic acids is 1. The highest BCUT2D eigenvalue weighted by molar-refractivity contribution is 7.18. The Hall–Kier alpha value is -2.67. The van der Waals surface area contributed by atoms with E-state index in [0.29, 0.717) is 13.2 Å². The maximum Gasteiger partial charge on any atom is 0.414 e. The number of fused-ring (bicyclic) bond motifs is 1. The standard InChI is InChI=1S/C16H14N4O2S/c1-10-7-13-14(17-9-18-15(13)23-10)19-11-3-2-4-12(8-11)20-5-6-22-16(20)21/h2-4,7-9H,5-6H2,1H3,(H,17,18,19). The van der Waals surface area contributed by atoms with Gasteiger partial charge in [-0.15, -0.1) is 11.3 Å². The average Bonchev–Trinajstić information content (AvgIpc) is 3.13.